The van der Waals surface area contributed by atoms with Gasteiger partial charge in [0.25, 0.3) is 5.56 Å². The SMILES string of the molecule is Cn1c(N2CCO[C@@H](c3c(F)cccc3Cl)C2)nc(-c2ccnc(Cl)c2)cc1=O. The van der Waals surface area contributed by atoms with Crippen LogP contribution in [0.15, 0.2) is 47.4 Å². The smallest absolute Gasteiger partial charge is 0.255 e. The Hall–Kier alpha value is -2.48. The quantitative estimate of drug-likeness (QED) is 0.585. The molecule has 6 nitrogen and oxygen atoms in total. The number of hydrogen-bond donors (Lipinski definition) is 0. The molecule has 1 atom stereocenters. The van der Waals surface area contributed by atoms with Crippen LogP contribution in [0.1, 0.15) is 11.7 Å². The van der Waals surface area contributed by atoms with Gasteiger partial charge in [0.15, 0.2) is 0 Å². The number of nitrogens with zero attached hydrogens (tertiary/aromatic N) is 4. The third kappa shape index (κ3) is 3.99. The Bertz CT molecular complexity index is 1100. The predicted molar refractivity (Wildman–Crippen MR) is 110 cm³/mol. The molecule has 0 unspecified atom stereocenters. The maximum Gasteiger partial charge on any atom is 0.255 e. The van der Waals surface area contributed by atoms with E-state index in [0.717, 1.165) is 0 Å². The fourth-order valence-corrected chi connectivity index (χ4v) is 3.80. The van der Waals surface area contributed by atoms with Crippen LogP contribution in [0.3, 0.4) is 0 Å². The van der Waals surface area contributed by atoms with Crippen LogP contribution in [0.25, 0.3) is 11.3 Å². The van der Waals surface area contributed by atoms with Gasteiger partial charge in [-0.1, -0.05) is 29.3 Å². The number of hydrogen-bond acceptors (Lipinski definition) is 5. The third-order valence-electron chi connectivity index (χ3n) is 4.80. The Labute approximate surface area is 176 Å². The molecule has 0 bridgehead atoms. The molecule has 1 saturated heterocycles. The molecule has 3 aromatic rings. The van der Waals surface area contributed by atoms with Crippen molar-refractivity contribution in [1.82, 2.24) is 14.5 Å². The van der Waals surface area contributed by atoms with Crippen molar-refractivity contribution >= 4 is 29.2 Å². The summed E-state index contributed by atoms with van der Waals surface area (Å²) < 4.78 is 21.6. The minimum absolute atomic E-state index is 0.218. The maximum atomic E-state index is 14.4. The maximum absolute atomic E-state index is 14.4. The first-order valence-corrected chi connectivity index (χ1v) is 9.70. The molecule has 2 aromatic heterocycles. The molecule has 3 heterocycles. The number of benzene rings is 1. The second kappa shape index (κ2) is 8.10. The molecule has 0 spiro atoms. The number of aromatic nitrogens is 3. The molecule has 4 rings (SSSR count). The largest absolute Gasteiger partial charge is 0.370 e. The van der Waals surface area contributed by atoms with Crippen LogP contribution in [0, 0.1) is 5.82 Å². The van der Waals surface area contributed by atoms with Gasteiger partial charge in [0.1, 0.15) is 17.1 Å². The van der Waals surface area contributed by atoms with Gasteiger partial charge >= 0.3 is 0 Å². The zero-order valence-electron chi connectivity index (χ0n) is 15.5. The number of pyridine rings is 1. The van der Waals surface area contributed by atoms with Crippen molar-refractivity contribution in [2.45, 2.75) is 6.10 Å². The van der Waals surface area contributed by atoms with Gasteiger partial charge in [-0.2, -0.15) is 0 Å². The molecule has 0 N–H and O–H groups in total. The van der Waals surface area contributed by atoms with Crippen molar-refractivity contribution in [2.75, 3.05) is 24.6 Å². The Balaban J connectivity index is 1.71. The lowest BCUT2D eigenvalue weighted by molar-refractivity contribution is 0.0368. The number of rotatable bonds is 3. The second-order valence-corrected chi connectivity index (χ2v) is 7.44. The van der Waals surface area contributed by atoms with E-state index in [4.69, 9.17) is 27.9 Å². The third-order valence-corrected chi connectivity index (χ3v) is 5.34. The minimum atomic E-state index is -0.576. The highest BCUT2D eigenvalue weighted by Crippen LogP contribution is 2.32. The summed E-state index contributed by atoms with van der Waals surface area (Å²) in [6.07, 6.45) is 0.981. The van der Waals surface area contributed by atoms with Gasteiger partial charge < -0.3 is 9.64 Å². The van der Waals surface area contributed by atoms with Crippen molar-refractivity contribution in [3.63, 3.8) is 0 Å². The molecular formula is C20H17Cl2FN4O2. The van der Waals surface area contributed by atoms with E-state index in [2.05, 4.69) is 9.97 Å². The molecule has 9 heteroatoms. The standard InChI is InChI=1S/C20H17Cl2FN4O2/c1-26-18(28)10-15(12-5-6-24-17(22)9-12)25-20(26)27-7-8-29-16(11-27)19-13(21)3-2-4-14(19)23/h2-6,9-10,16H,7-8,11H2,1H3/t16-/m1/s1. The monoisotopic (exact) mass is 434 g/mol. The van der Waals surface area contributed by atoms with Crippen LogP contribution in [0.4, 0.5) is 10.3 Å². The van der Waals surface area contributed by atoms with E-state index in [1.165, 1.54) is 16.7 Å². The van der Waals surface area contributed by atoms with E-state index in [-0.39, 0.29) is 5.56 Å². The fraction of sp³-hybridized carbons (Fsp3) is 0.250. The zero-order valence-corrected chi connectivity index (χ0v) is 17.0. The molecular weight excluding hydrogens is 418 g/mol. The van der Waals surface area contributed by atoms with Crippen molar-refractivity contribution in [3.8, 4) is 11.3 Å². The molecule has 1 aromatic carbocycles. The highest BCUT2D eigenvalue weighted by molar-refractivity contribution is 6.31. The fourth-order valence-electron chi connectivity index (χ4n) is 3.34. The summed E-state index contributed by atoms with van der Waals surface area (Å²) in [7, 11) is 1.65. The molecule has 0 amide bonds. The lowest BCUT2D eigenvalue weighted by atomic mass is 10.1. The van der Waals surface area contributed by atoms with Crippen LogP contribution in [-0.2, 0) is 11.8 Å². The average molecular weight is 435 g/mol. The van der Waals surface area contributed by atoms with Crippen LogP contribution in [0.5, 0.6) is 0 Å². The number of morpholine rings is 1. The average Bonchev–Trinajstić information content (AvgIpc) is 2.70. The van der Waals surface area contributed by atoms with E-state index in [1.54, 1.807) is 37.5 Å². The van der Waals surface area contributed by atoms with Crippen molar-refractivity contribution in [3.05, 3.63) is 74.5 Å². The first-order valence-electron chi connectivity index (χ1n) is 8.94. The Morgan fingerprint density at radius 2 is 2.07 bits per heavy atom. The topological polar surface area (TPSA) is 60.2 Å². The van der Waals surface area contributed by atoms with Crippen LogP contribution < -0.4 is 10.5 Å². The van der Waals surface area contributed by atoms with E-state index < -0.39 is 11.9 Å². The van der Waals surface area contributed by atoms with Gasteiger partial charge in [0.2, 0.25) is 5.95 Å². The van der Waals surface area contributed by atoms with Crippen molar-refractivity contribution < 1.29 is 9.13 Å². The Morgan fingerprint density at radius 1 is 1.24 bits per heavy atom. The highest BCUT2D eigenvalue weighted by atomic mass is 35.5. The van der Waals surface area contributed by atoms with Gasteiger partial charge in [-0.15, -0.1) is 0 Å². The van der Waals surface area contributed by atoms with Gasteiger partial charge in [0, 0.05) is 42.0 Å². The Kier molecular flexibility index (Phi) is 5.54. The Morgan fingerprint density at radius 3 is 2.83 bits per heavy atom. The van der Waals surface area contributed by atoms with Crippen LogP contribution in [0.2, 0.25) is 10.2 Å². The summed E-state index contributed by atoms with van der Waals surface area (Å²) in [5, 5.41) is 0.617. The summed E-state index contributed by atoms with van der Waals surface area (Å²) in [6, 6.07) is 9.36. The van der Waals surface area contributed by atoms with E-state index in [9.17, 15) is 9.18 Å². The molecule has 0 radical (unpaired) electrons. The first-order chi connectivity index (χ1) is 13.9. The summed E-state index contributed by atoms with van der Waals surface area (Å²) in [6.45, 7) is 1.15. The molecule has 0 aliphatic carbocycles. The molecule has 150 valence electrons. The molecule has 1 aliphatic heterocycles. The number of ether oxygens (including phenoxy) is 1. The predicted octanol–water partition coefficient (Wildman–Crippen LogP) is 3.87. The van der Waals surface area contributed by atoms with E-state index >= 15 is 0 Å². The van der Waals surface area contributed by atoms with Crippen LogP contribution in [-0.4, -0.2) is 34.2 Å². The van der Waals surface area contributed by atoms with Crippen molar-refractivity contribution in [1.29, 1.82) is 0 Å². The van der Waals surface area contributed by atoms with Crippen molar-refractivity contribution in [2.24, 2.45) is 7.05 Å². The van der Waals surface area contributed by atoms with Gasteiger partial charge in [-0.05, 0) is 24.3 Å². The van der Waals surface area contributed by atoms with Gasteiger partial charge in [0.05, 0.1) is 18.8 Å². The van der Waals surface area contributed by atoms with Gasteiger partial charge in [-0.25, -0.2) is 14.4 Å². The van der Waals surface area contributed by atoms with Crippen LogP contribution >= 0.6 is 23.2 Å². The highest BCUT2D eigenvalue weighted by Gasteiger charge is 2.28. The lowest BCUT2D eigenvalue weighted by Crippen LogP contribution is -2.42. The summed E-state index contributed by atoms with van der Waals surface area (Å²) >= 11 is 12.2. The minimum Gasteiger partial charge on any atom is -0.370 e. The first kappa shape index (κ1) is 19.8. The summed E-state index contributed by atoms with van der Waals surface area (Å²) in [4.78, 5) is 23.1. The molecule has 29 heavy (non-hydrogen) atoms. The molecule has 1 fully saturated rings. The second-order valence-electron chi connectivity index (χ2n) is 6.65. The van der Waals surface area contributed by atoms with E-state index in [0.29, 0.717) is 52.6 Å². The molecule has 1 aliphatic rings. The lowest BCUT2D eigenvalue weighted by Gasteiger charge is -2.35. The number of anilines is 1. The molecule has 0 saturated carbocycles. The summed E-state index contributed by atoms with van der Waals surface area (Å²) in [5.74, 6) is 0.0348. The normalized spacial score (nSPS) is 16.8. The number of halogens is 3. The summed E-state index contributed by atoms with van der Waals surface area (Å²) in [5.41, 5.74) is 1.26. The van der Waals surface area contributed by atoms with E-state index in [1.807, 2.05) is 4.90 Å². The van der Waals surface area contributed by atoms with Gasteiger partial charge in [-0.3, -0.25) is 9.36 Å². The zero-order chi connectivity index (χ0) is 20.5.